The zero-order valence-corrected chi connectivity index (χ0v) is 10.5. The third kappa shape index (κ3) is 3.70. The number of aromatic nitrogens is 1. The number of carboxylic acid groups (broad SMARTS) is 1. The predicted molar refractivity (Wildman–Crippen MR) is 63.8 cm³/mol. The Bertz CT molecular complexity index is 380. The van der Waals surface area contributed by atoms with Crippen LogP contribution in [0.1, 0.15) is 18.2 Å². The molecule has 1 aromatic rings. The molecule has 7 heteroatoms. The summed E-state index contributed by atoms with van der Waals surface area (Å²) in [7, 11) is 1.48. The molecule has 0 aliphatic heterocycles. The summed E-state index contributed by atoms with van der Waals surface area (Å²) in [4.78, 5) is 28.6. The Morgan fingerprint density at radius 2 is 2.35 bits per heavy atom. The van der Waals surface area contributed by atoms with Gasteiger partial charge in [0.25, 0.3) is 0 Å². The number of hydrogen-bond acceptors (Lipinski definition) is 4. The highest BCUT2D eigenvalue weighted by Crippen LogP contribution is 2.06. The van der Waals surface area contributed by atoms with Crippen LogP contribution in [0.15, 0.2) is 11.7 Å². The Hall–Kier alpha value is -1.63. The van der Waals surface area contributed by atoms with Crippen LogP contribution in [0, 0.1) is 0 Å². The van der Waals surface area contributed by atoms with E-state index in [1.54, 1.807) is 18.6 Å². The lowest BCUT2D eigenvalue weighted by Crippen LogP contribution is -2.46. The number of likely N-dealkylation sites (N-methyl/N-ethyl adjacent to an activating group) is 1. The summed E-state index contributed by atoms with van der Waals surface area (Å²) >= 11 is 1.44. The first-order valence-corrected chi connectivity index (χ1v) is 6.05. The summed E-state index contributed by atoms with van der Waals surface area (Å²) in [5.74, 6) is -0.997. The minimum atomic E-state index is -0.997. The van der Waals surface area contributed by atoms with E-state index >= 15 is 0 Å². The number of hydrogen-bond donors (Lipinski definition) is 2. The minimum absolute atomic E-state index is 0.365. The van der Waals surface area contributed by atoms with E-state index in [0.717, 1.165) is 4.88 Å². The summed E-state index contributed by atoms with van der Waals surface area (Å²) in [6.07, 6.45) is 2.04. The molecule has 0 aromatic carbocycles. The van der Waals surface area contributed by atoms with Gasteiger partial charge < -0.3 is 15.3 Å². The Kier molecular flexibility index (Phi) is 4.89. The first-order valence-electron chi connectivity index (χ1n) is 5.17. The zero-order chi connectivity index (χ0) is 12.8. The van der Waals surface area contributed by atoms with Crippen molar-refractivity contribution >= 4 is 23.3 Å². The summed E-state index contributed by atoms with van der Waals surface area (Å²) in [6.45, 7) is 2.09. The van der Waals surface area contributed by atoms with Gasteiger partial charge in [-0.05, 0) is 6.42 Å². The van der Waals surface area contributed by atoms with Crippen LogP contribution in [-0.2, 0) is 11.3 Å². The zero-order valence-electron chi connectivity index (χ0n) is 9.71. The van der Waals surface area contributed by atoms with Crippen LogP contribution >= 0.6 is 11.3 Å². The van der Waals surface area contributed by atoms with Gasteiger partial charge in [0.05, 0.1) is 12.1 Å². The van der Waals surface area contributed by atoms with Crippen molar-refractivity contribution in [3.63, 3.8) is 0 Å². The van der Waals surface area contributed by atoms with E-state index in [1.807, 2.05) is 0 Å². The summed E-state index contributed by atoms with van der Waals surface area (Å²) < 4.78 is 0. The molecule has 1 heterocycles. The highest BCUT2D eigenvalue weighted by molar-refractivity contribution is 7.09. The number of carbonyl (C=O) groups excluding carboxylic acids is 1. The molecule has 0 radical (unpaired) electrons. The Labute approximate surface area is 103 Å². The van der Waals surface area contributed by atoms with Crippen LogP contribution < -0.4 is 5.32 Å². The fourth-order valence-corrected chi connectivity index (χ4v) is 1.91. The van der Waals surface area contributed by atoms with Gasteiger partial charge in [-0.25, -0.2) is 9.59 Å². The van der Waals surface area contributed by atoms with Crippen LogP contribution in [-0.4, -0.2) is 40.1 Å². The van der Waals surface area contributed by atoms with Gasteiger partial charge in [0, 0.05) is 18.1 Å². The molecule has 0 spiro atoms. The second-order valence-corrected chi connectivity index (χ2v) is 4.47. The second-order valence-electron chi connectivity index (χ2n) is 3.50. The first-order chi connectivity index (χ1) is 8.06. The number of urea groups is 1. The van der Waals surface area contributed by atoms with E-state index in [4.69, 9.17) is 5.11 Å². The standard InChI is InChI=1S/C10H15N3O3S/c1-3-8(9(14)15)13(2)10(16)12-5-7-4-11-6-17-7/h4,6,8H,3,5H2,1-2H3,(H,12,16)(H,14,15). The molecule has 1 atom stereocenters. The van der Waals surface area contributed by atoms with Crippen molar-refractivity contribution in [3.05, 3.63) is 16.6 Å². The van der Waals surface area contributed by atoms with Crippen molar-refractivity contribution in [2.45, 2.75) is 25.9 Å². The summed E-state index contributed by atoms with van der Waals surface area (Å²) in [5, 5.41) is 11.6. The molecule has 0 aliphatic carbocycles. The van der Waals surface area contributed by atoms with E-state index in [2.05, 4.69) is 10.3 Å². The van der Waals surface area contributed by atoms with Gasteiger partial charge in [-0.2, -0.15) is 0 Å². The fraction of sp³-hybridized carbons (Fsp3) is 0.500. The molecule has 2 amide bonds. The normalized spacial score (nSPS) is 11.9. The highest BCUT2D eigenvalue weighted by Gasteiger charge is 2.24. The monoisotopic (exact) mass is 257 g/mol. The topological polar surface area (TPSA) is 82.5 Å². The molecule has 0 saturated heterocycles. The predicted octanol–water partition coefficient (Wildman–Crippen LogP) is 1.15. The molecular weight excluding hydrogens is 242 g/mol. The third-order valence-corrected chi connectivity index (χ3v) is 3.14. The smallest absolute Gasteiger partial charge is 0.326 e. The number of nitrogens with one attached hydrogen (secondary N) is 1. The third-order valence-electron chi connectivity index (χ3n) is 2.36. The average molecular weight is 257 g/mol. The van der Waals surface area contributed by atoms with E-state index < -0.39 is 18.0 Å². The summed E-state index contributed by atoms with van der Waals surface area (Å²) in [5.41, 5.74) is 1.68. The molecule has 0 fully saturated rings. The lowest BCUT2D eigenvalue weighted by molar-refractivity contribution is -0.141. The maximum atomic E-state index is 11.7. The van der Waals surface area contributed by atoms with Gasteiger partial charge in [-0.3, -0.25) is 4.98 Å². The van der Waals surface area contributed by atoms with E-state index in [9.17, 15) is 9.59 Å². The van der Waals surface area contributed by atoms with Gasteiger partial charge >= 0.3 is 12.0 Å². The van der Waals surface area contributed by atoms with Gasteiger partial charge in [-0.1, -0.05) is 6.92 Å². The van der Waals surface area contributed by atoms with Crippen molar-refractivity contribution in [2.24, 2.45) is 0 Å². The van der Waals surface area contributed by atoms with Crippen molar-refractivity contribution < 1.29 is 14.7 Å². The molecule has 2 N–H and O–H groups in total. The maximum absolute atomic E-state index is 11.7. The van der Waals surface area contributed by atoms with Gasteiger partial charge in [0.2, 0.25) is 0 Å². The number of carboxylic acids is 1. The number of nitrogens with zero attached hydrogens (tertiary/aromatic N) is 2. The van der Waals surface area contributed by atoms with Gasteiger partial charge in [0.15, 0.2) is 0 Å². The van der Waals surface area contributed by atoms with E-state index in [1.165, 1.54) is 23.3 Å². The SMILES string of the molecule is CCC(C(=O)O)N(C)C(=O)NCc1cncs1. The van der Waals surface area contributed by atoms with Gasteiger partial charge in [0.1, 0.15) is 6.04 Å². The average Bonchev–Trinajstić information content (AvgIpc) is 2.78. The van der Waals surface area contributed by atoms with E-state index in [0.29, 0.717) is 13.0 Å². The number of carbonyl (C=O) groups is 2. The quantitative estimate of drug-likeness (QED) is 0.829. The Morgan fingerprint density at radius 3 is 2.82 bits per heavy atom. The maximum Gasteiger partial charge on any atom is 0.326 e. The van der Waals surface area contributed by atoms with Crippen molar-refractivity contribution in [2.75, 3.05) is 7.05 Å². The van der Waals surface area contributed by atoms with Gasteiger partial charge in [-0.15, -0.1) is 11.3 Å². The lowest BCUT2D eigenvalue weighted by atomic mass is 10.2. The molecule has 0 bridgehead atoms. The number of thiazole rings is 1. The van der Waals surface area contributed by atoms with E-state index in [-0.39, 0.29) is 0 Å². The Morgan fingerprint density at radius 1 is 1.65 bits per heavy atom. The Balaban J connectivity index is 2.49. The molecule has 1 rings (SSSR count). The van der Waals surface area contributed by atoms with Crippen molar-refractivity contribution in [1.82, 2.24) is 15.2 Å². The minimum Gasteiger partial charge on any atom is -0.480 e. The van der Waals surface area contributed by atoms with Crippen LogP contribution in [0.4, 0.5) is 4.79 Å². The lowest BCUT2D eigenvalue weighted by Gasteiger charge is -2.23. The first kappa shape index (κ1) is 13.4. The molecule has 94 valence electrons. The van der Waals surface area contributed by atoms with Crippen LogP contribution in [0.5, 0.6) is 0 Å². The fourth-order valence-electron chi connectivity index (χ4n) is 1.37. The number of amides is 2. The largest absolute Gasteiger partial charge is 0.480 e. The highest BCUT2D eigenvalue weighted by atomic mass is 32.1. The molecule has 1 unspecified atom stereocenters. The van der Waals surface area contributed by atoms with Crippen LogP contribution in [0.3, 0.4) is 0 Å². The molecular formula is C10H15N3O3S. The van der Waals surface area contributed by atoms with Crippen LogP contribution in [0.2, 0.25) is 0 Å². The molecule has 0 aliphatic rings. The number of aliphatic carboxylic acids is 1. The molecule has 1 aromatic heterocycles. The van der Waals surface area contributed by atoms with Crippen LogP contribution in [0.25, 0.3) is 0 Å². The molecule has 17 heavy (non-hydrogen) atoms. The van der Waals surface area contributed by atoms with Crippen molar-refractivity contribution in [3.8, 4) is 0 Å². The molecule has 6 nitrogen and oxygen atoms in total. The number of rotatable bonds is 5. The molecule has 0 saturated carbocycles. The second kappa shape index (κ2) is 6.19. The van der Waals surface area contributed by atoms with Crippen molar-refractivity contribution in [1.29, 1.82) is 0 Å². The summed E-state index contributed by atoms with van der Waals surface area (Å²) in [6, 6.07) is -1.19.